The molecule has 31 heavy (non-hydrogen) atoms. The van der Waals surface area contributed by atoms with E-state index in [4.69, 9.17) is 10.8 Å². The highest BCUT2D eigenvalue weighted by Crippen LogP contribution is 2.18. The van der Waals surface area contributed by atoms with Crippen molar-refractivity contribution in [2.75, 3.05) is 20.6 Å². The first-order chi connectivity index (χ1) is 14.8. The molecular weight excluding hydrogens is 380 g/mol. The number of nitrogens with one attached hydrogen (secondary N) is 4. The number of rotatable bonds is 6. The number of allylic oxidation sites excluding steroid dienone is 5. The number of hydrogen-bond acceptors (Lipinski definition) is 4. The maximum atomic E-state index is 7.23. The predicted octanol–water partition coefficient (Wildman–Crippen LogP) is 6.33. The zero-order valence-electron chi connectivity index (χ0n) is 21.2. The first-order valence-corrected chi connectivity index (χ1v) is 11.3. The van der Waals surface area contributed by atoms with Crippen LogP contribution in [0.1, 0.15) is 62.8 Å². The van der Waals surface area contributed by atoms with Gasteiger partial charge < -0.3 is 10.6 Å². The largest absolute Gasteiger partial charge is 0.320 e. The summed E-state index contributed by atoms with van der Waals surface area (Å²) in [5.74, 6) is 0. The Labute approximate surface area is 192 Å². The van der Waals surface area contributed by atoms with Crippen molar-refractivity contribution in [1.29, 1.82) is 10.8 Å². The summed E-state index contributed by atoms with van der Waals surface area (Å²) in [4.78, 5) is 0. The number of benzene rings is 1. The normalized spacial score (nSPS) is 11.8. The average Bonchev–Trinajstić information content (AvgIpc) is 2.76. The van der Waals surface area contributed by atoms with Crippen molar-refractivity contribution in [3.8, 4) is 0 Å². The lowest BCUT2D eigenvalue weighted by atomic mass is 9.97. The summed E-state index contributed by atoms with van der Waals surface area (Å²) < 4.78 is 0. The van der Waals surface area contributed by atoms with Gasteiger partial charge in [-0.15, -0.1) is 0 Å². The molecule has 1 aromatic carbocycles. The molecule has 0 saturated carbocycles. The number of hydrogen-bond donors (Lipinski definition) is 4. The number of aryl methyl sites for hydroxylation is 1. The molecule has 0 amide bonds. The first-order valence-electron chi connectivity index (χ1n) is 11.3. The van der Waals surface area contributed by atoms with Crippen molar-refractivity contribution < 1.29 is 0 Å². The molecular formula is C27H46N4. The van der Waals surface area contributed by atoms with Crippen molar-refractivity contribution in [3.63, 3.8) is 0 Å². The fourth-order valence-corrected chi connectivity index (χ4v) is 2.64. The maximum absolute atomic E-state index is 7.23. The van der Waals surface area contributed by atoms with Crippen LogP contribution in [0.4, 0.5) is 0 Å². The topological polar surface area (TPSA) is 71.8 Å². The van der Waals surface area contributed by atoms with Crippen molar-refractivity contribution >= 4 is 11.4 Å². The van der Waals surface area contributed by atoms with Gasteiger partial charge in [-0.05, 0) is 87.3 Å². The van der Waals surface area contributed by atoms with E-state index in [1.807, 2.05) is 14.1 Å². The Morgan fingerprint density at radius 2 is 1.42 bits per heavy atom. The van der Waals surface area contributed by atoms with E-state index in [0.29, 0.717) is 0 Å². The van der Waals surface area contributed by atoms with Crippen molar-refractivity contribution in [3.05, 3.63) is 70.8 Å². The van der Waals surface area contributed by atoms with E-state index in [-0.39, 0.29) is 11.4 Å². The van der Waals surface area contributed by atoms with E-state index < -0.39 is 0 Å². The highest BCUT2D eigenvalue weighted by atomic mass is 14.8. The second kappa shape index (κ2) is 19.7. The van der Waals surface area contributed by atoms with Gasteiger partial charge in [-0.2, -0.15) is 0 Å². The van der Waals surface area contributed by atoms with Crippen LogP contribution in [0.2, 0.25) is 0 Å². The molecule has 4 heteroatoms. The first kappa shape index (κ1) is 30.9. The molecule has 0 radical (unpaired) electrons. The predicted molar refractivity (Wildman–Crippen MR) is 141 cm³/mol. The summed E-state index contributed by atoms with van der Waals surface area (Å²) >= 11 is 0. The molecule has 0 fully saturated rings. The van der Waals surface area contributed by atoms with E-state index in [1.54, 1.807) is 24.3 Å². The van der Waals surface area contributed by atoms with Gasteiger partial charge in [0.1, 0.15) is 0 Å². The fourth-order valence-electron chi connectivity index (χ4n) is 2.64. The van der Waals surface area contributed by atoms with Crippen LogP contribution in [0, 0.1) is 24.7 Å². The van der Waals surface area contributed by atoms with Gasteiger partial charge in [0.25, 0.3) is 0 Å². The lowest BCUT2D eigenvalue weighted by Crippen LogP contribution is -2.09. The van der Waals surface area contributed by atoms with Gasteiger partial charge in [0.15, 0.2) is 0 Å². The van der Waals surface area contributed by atoms with Gasteiger partial charge in [-0.3, -0.25) is 10.8 Å². The van der Waals surface area contributed by atoms with Crippen molar-refractivity contribution in [1.82, 2.24) is 10.6 Å². The minimum Gasteiger partial charge on any atom is -0.320 e. The molecule has 0 unspecified atom stereocenters. The smallest absolute Gasteiger partial charge is 0.0795 e. The summed E-state index contributed by atoms with van der Waals surface area (Å²) in [6.07, 6.45) is 10.3. The Morgan fingerprint density at radius 3 is 1.81 bits per heavy atom. The van der Waals surface area contributed by atoms with E-state index in [9.17, 15) is 0 Å². The molecule has 2 rings (SSSR count). The van der Waals surface area contributed by atoms with E-state index >= 15 is 0 Å². The quantitative estimate of drug-likeness (QED) is 0.402. The monoisotopic (exact) mass is 426 g/mol. The molecule has 0 atom stereocenters. The Kier molecular flexibility index (Phi) is 19.6. The minimum atomic E-state index is 0.248. The van der Waals surface area contributed by atoms with Crippen LogP contribution >= 0.6 is 0 Å². The third-order valence-corrected chi connectivity index (χ3v) is 4.54. The van der Waals surface area contributed by atoms with Crippen LogP contribution < -0.4 is 10.6 Å². The summed E-state index contributed by atoms with van der Waals surface area (Å²) in [5, 5.41) is 20.6. The molecule has 1 aliphatic carbocycles. The Bertz CT molecular complexity index is 725. The molecule has 0 saturated heterocycles. The van der Waals surface area contributed by atoms with Crippen LogP contribution in [-0.2, 0) is 13.0 Å². The van der Waals surface area contributed by atoms with Gasteiger partial charge in [0.05, 0.1) is 11.4 Å². The molecule has 0 heterocycles. The minimum absolute atomic E-state index is 0.248. The Morgan fingerprint density at radius 1 is 0.871 bits per heavy atom. The van der Waals surface area contributed by atoms with Crippen LogP contribution in [0.3, 0.4) is 0 Å². The fraction of sp³-hybridized carbons (Fsp3) is 0.481. The maximum Gasteiger partial charge on any atom is 0.0795 e. The van der Waals surface area contributed by atoms with Crippen LogP contribution in [0.5, 0.6) is 0 Å². The molecule has 4 N–H and O–H groups in total. The molecule has 0 aliphatic heterocycles. The third kappa shape index (κ3) is 13.6. The third-order valence-electron chi connectivity index (χ3n) is 4.54. The Balaban J connectivity index is 0. The van der Waals surface area contributed by atoms with E-state index in [1.165, 1.54) is 35.1 Å². The highest BCUT2D eigenvalue weighted by Gasteiger charge is 2.04. The average molecular weight is 427 g/mol. The lowest BCUT2D eigenvalue weighted by molar-refractivity contribution is 0.772. The molecule has 0 spiro atoms. The Hall–Kier alpha value is -2.30. The highest BCUT2D eigenvalue weighted by molar-refractivity contribution is 6.49. The van der Waals surface area contributed by atoms with E-state index in [2.05, 4.69) is 70.9 Å². The van der Waals surface area contributed by atoms with Crippen molar-refractivity contribution in [2.45, 2.75) is 67.3 Å². The molecule has 1 aromatic rings. The zero-order valence-corrected chi connectivity index (χ0v) is 21.2. The van der Waals surface area contributed by atoms with Gasteiger partial charge in [0.2, 0.25) is 0 Å². The second-order valence-electron chi connectivity index (χ2n) is 7.34. The molecule has 0 aromatic heterocycles. The second-order valence-corrected chi connectivity index (χ2v) is 7.34. The molecule has 0 bridgehead atoms. The van der Waals surface area contributed by atoms with Crippen LogP contribution in [0.25, 0.3) is 0 Å². The molecule has 4 nitrogen and oxygen atoms in total. The van der Waals surface area contributed by atoms with Gasteiger partial charge in [0, 0.05) is 6.54 Å². The van der Waals surface area contributed by atoms with Crippen LogP contribution in [-0.4, -0.2) is 32.1 Å². The van der Waals surface area contributed by atoms with Gasteiger partial charge >= 0.3 is 0 Å². The van der Waals surface area contributed by atoms with Gasteiger partial charge in [-0.25, -0.2) is 0 Å². The van der Waals surface area contributed by atoms with Crippen molar-refractivity contribution in [2.24, 2.45) is 0 Å². The summed E-state index contributed by atoms with van der Waals surface area (Å²) in [7, 11) is 3.95. The molecule has 174 valence electrons. The lowest BCUT2D eigenvalue weighted by Gasteiger charge is -2.11. The molecule has 1 aliphatic rings. The zero-order chi connectivity index (χ0) is 24.2. The summed E-state index contributed by atoms with van der Waals surface area (Å²) in [5.41, 5.74) is 7.17. The standard InChI is InChI=1S/C12H19N.C8H8N2.C4H11N.C3H8/c1-5-11-6-7-12(8-13-4)10(3)9(11)2;1-2-6-3-4-7(9)8(10)5-6;1-3-4-5-2;1-3-2/h6-7,13H,5,8H2,1-4H3;2-5,9-10H,1H2;5H,3-4H2,1-2H3;3H2,1-2H3. The van der Waals surface area contributed by atoms with Crippen LogP contribution in [0.15, 0.2) is 48.6 Å². The van der Waals surface area contributed by atoms with E-state index in [0.717, 1.165) is 25.1 Å². The van der Waals surface area contributed by atoms with Gasteiger partial charge in [-0.1, -0.05) is 65.0 Å². The SMILES string of the molecule is C=CC1=CC(=N)C(=N)C=C1.CCC.CCCNC.CCc1ccc(CNC)c(C)c1C. The summed E-state index contributed by atoms with van der Waals surface area (Å²) in [6, 6.07) is 4.48. The summed E-state index contributed by atoms with van der Waals surface area (Å²) in [6.45, 7) is 18.7.